The highest BCUT2D eigenvalue weighted by Crippen LogP contribution is 2.22. The van der Waals surface area contributed by atoms with Gasteiger partial charge in [0.05, 0.1) is 18.1 Å². The SMILES string of the molecule is Cc1ccc(C(=O)N(CCCN2CCOCC2)C2CCOCC2)s1. The van der Waals surface area contributed by atoms with Crippen molar-refractivity contribution in [2.75, 3.05) is 52.6 Å². The Kier molecular flexibility index (Phi) is 6.66. The molecule has 3 heterocycles. The number of hydrogen-bond acceptors (Lipinski definition) is 5. The maximum absolute atomic E-state index is 13.0. The minimum absolute atomic E-state index is 0.196. The lowest BCUT2D eigenvalue weighted by Crippen LogP contribution is -2.45. The molecule has 0 saturated carbocycles. The van der Waals surface area contributed by atoms with E-state index in [4.69, 9.17) is 9.47 Å². The average Bonchev–Trinajstić information content (AvgIpc) is 3.06. The molecule has 2 aliphatic heterocycles. The third-order valence-corrected chi connectivity index (χ3v) is 5.81. The molecule has 0 spiro atoms. The van der Waals surface area contributed by atoms with Crippen molar-refractivity contribution in [1.82, 2.24) is 9.80 Å². The van der Waals surface area contributed by atoms with Crippen LogP contribution in [0.4, 0.5) is 0 Å². The van der Waals surface area contributed by atoms with Gasteiger partial charge in [0.15, 0.2) is 0 Å². The van der Waals surface area contributed by atoms with Crippen molar-refractivity contribution in [3.8, 4) is 0 Å². The first-order valence-corrected chi connectivity index (χ1v) is 9.81. The third kappa shape index (κ3) is 4.79. The maximum atomic E-state index is 13.0. The molecule has 0 radical (unpaired) electrons. The summed E-state index contributed by atoms with van der Waals surface area (Å²) in [5, 5.41) is 0. The fourth-order valence-corrected chi connectivity index (χ4v) is 4.25. The number of carbonyl (C=O) groups excluding carboxylic acids is 1. The first kappa shape index (κ1) is 17.9. The lowest BCUT2D eigenvalue weighted by atomic mass is 10.1. The molecule has 2 fully saturated rings. The summed E-state index contributed by atoms with van der Waals surface area (Å²) in [6, 6.07) is 4.32. The van der Waals surface area contributed by atoms with E-state index in [0.717, 1.165) is 76.7 Å². The summed E-state index contributed by atoms with van der Waals surface area (Å²) in [6.45, 7) is 9.14. The van der Waals surface area contributed by atoms with Gasteiger partial charge in [0.1, 0.15) is 0 Å². The summed E-state index contributed by atoms with van der Waals surface area (Å²) >= 11 is 1.60. The number of nitrogens with zero attached hydrogens (tertiary/aromatic N) is 2. The molecule has 6 heteroatoms. The molecule has 2 saturated heterocycles. The molecule has 1 amide bonds. The average molecular weight is 353 g/mol. The van der Waals surface area contributed by atoms with Crippen molar-refractivity contribution in [2.45, 2.75) is 32.2 Å². The van der Waals surface area contributed by atoms with Gasteiger partial charge in [-0.15, -0.1) is 11.3 Å². The van der Waals surface area contributed by atoms with E-state index in [-0.39, 0.29) is 5.91 Å². The predicted octanol–water partition coefficient (Wildman–Crippen LogP) is 2.40. The molecule has 0 bridgehead atoms. The normalized spacial score (nSPS) is 20.2. The van der Waals surface area contributed by atoms with E-state index >= 15 is 0 Å². The molecule has 0 unspecified atom stereocenters. The summed E-state index contributed by atoms with van der Waals surface area (Å²) in [4.78, 5) is 19.6. The third-order valence-electron chi connectivity index (χ3n) is 4.82. The lowest BCUT2D eigenvalue weighted by molar-refractivity contribution is 0.0225. The number of rotatable bonds is 6. The highest BCUT2D eigenvalue weighted by atomic mass is 32.1. The molecule has 5 nitrogen and oxygen atoms in total. The van der Waals surface area contributed by atoms with Crippen LogP contribution in [0.3, 0.4) is 0 Å². The fraction of sp³-hybridized carbons (Fsp3) is 0.722. The van der Waals surface area contributed by atoms with E-state index < -0.39 is 0 Å². The Morgan fingerprint density at radius 1 is 1.21 bits per heavy atom. The van der Waals surface area contributed by atoms with Crippen LogP contribution in [0.1, 0.15) is 33.8 Å². The van der Waals surface area contributed by atoms with Crippen molar-refractivity contribution in [3.05, 3.63) is 21.9 Å². The zero-order chi connectivity index (χ0) is 16.8. The van der Waals surface area contributed by atoms with Crippen LogP contribution in [0.5, 0.6) is 0 Å². The first-order chi connectivity index (χ1) is 11.7. The Bertz CT molecular complexity index is 522. The number of amides is 1. The Morgan fingerprint density at radius 3 is 2.58 bits per heavy atom. The van der Waals surface area contributed by atoms with Gasteiger partial charge in [0.25, 0.3) is 5.91 Å². The van der Waals surface area contributed by atoms with Crippen LogP contribution < -0.4 is 0 Å². The molecule has 2 aliphatic rings. The molecule has 0 N–H and O–H groups in total. The van der Waals surface area contributed by atoms with E-state index in [9.17, 15) is 4.79 Å². The Balaban J connectivity index is 1.59. The predicted molar refractivity (Wildman–Crippen MR) is 95.8 cm³/mol. The van der Waals surface area contributed by atoms with Gasteiger partial charge in [-0.05, 0) is 38.3 Å². The van der Waals surface area contributed by atoms with Crippen LogP contribution in [0.15, 0.2) is 12.1 Å². The topological polar surface area (TPSA) is 42.0 Å². The minimum atomic E-state index is 0.196. The van der Waals surface area contributed by atoms with Gasteiger partial charge in [0, 0.05) is 50.3 Å². The van der Waals surface area contributed by atoms with E-state index in [1.165, 1.54) is 4.88 Å². The number of morpholine rings is 1. The Labute approximate surface area is 148 Å². The molecule has 3 rings (SSSR count). The molecule has 1 aromatic rings. The number of aryl methyl sites for hydroxylation is 1. The van der Waals surface area contributed by atoms with E-state index in [1.807, 2.05) is 12.1 Å². The monoisotopic (exact) mass is 352 g/mol. The maximum Gasteiger partial charge on any atom is 0.264 e. The van der Waals surface area contributed by atoms with Crippen LogP contribution in [-0.4, -0.2) is 74.4 Å². The molecule has 0 aliphatic carbocycles. The second-order valence-electron chi connectivity index (χ2n) is 6.56. The highest BCUT2D eigenvalue weighted by molar-refractivity contribution is 7.13. The molecule has 24 heavy (non-hydrogen) atoms. The Morgan fingerprint density at radius 2 is 1.92 bits per heavy atom. The van der Waals surface area contributed by atoms with Gasteiger partial charge in [-0.25, -0.2) is 0 Å². The van der Waals surface area contributed by atoms with Gasteiger partial charge in [-0.2, -0.15) is 0 Å². The van der Waals surface area contributed by atoms with Crippen molar-refractivity contribution < 1.29 is 14.3 Å². The number of thiophene rings is 1. The smallest absolute Gasteiger partial charge is 0.264 e. The fourth-order valence-electron chi connectivity index (χ4n) is 3.43. The van der Waals surface area contributed by atoms with Crippen LogP contribution in [0.25, 0.3) is 0 Å². The van der Waals surface area contributed by atoms with Crippen molar-refractivity contribution >= 4 is 17.2 Å². The second-order valence-corrected chi connectivity index (χ2v) is 7.85. The van der Waals surface area contributed by atoms with E-state index in [0.29, 0.717) is 6.04 Å². The number of carbonyl (C=O) groups is 1. The zero-order valence-corrected chi connectivity index (χ0v) is 15.4. The van der Waals surface area contributed by atoms with Gasteiger partial charge in [-0.3, -0.25) is 9.69 Å². The van der Waals surface area contributed by atoms with Crippen LogP contribution in [0.2, 0.25) is 0 Å². The lowest BCUT2D eigenvalue weighted by Gasteiger charge is -2.35. The van der Waals surface area contributed by atoms with E-state index in [2.05, 4.69) is 16.7 Å². The van der Waals surface area contributed by atoms with Gasteiger partial charge in [0.2, 0.25) is 0 Å². The molecule has 0 atom stereocenters. The van der Waals surface area contributed by atoms with Crippen LogP contribution in [0, 0.1) is 6.92 Å². The van der Waals surface area contributed by atoms with Gasteiger partial charge < -0.3 is 14.4 Å². The van der Waals surface area contributed by atoms with Crippen LogP contribution >= 0.6 is 11.3 Å². The second kappa shape index (κ2) is 8.94. The summed E-state index contributed by atoms with van der Waals surface area (Å²) in [5.74, 6) is 0.196. The van der Waals surface area contributed by atoms with Crippen LogP contribution in [-0.2, 0) is 9.47 Å². The van der Waals surface area contributed by atoms with Crippen molar-refractivity contribution in [2.24, 2.45) is 0 Å². The van der Waals surface area contributed by atoms with Crippen molar-refractivity contribution in [1.29, 1.82) is 0 Å². The summed E-state index contributed by atoms with van der Waals surface area (Å²) in [6.07, 6.45) is 2.93. The van der Waals surface area contributed by atoms with Crippen molar-refractivity contribution in [3.63, 3.8) is 0 Å². The zero-order valence-electron chi connectivity index (χ0n) is 14.5. The Hall–Kier alpha value is -0.950. The van der Waals surface area contributed by atoms with Gasteiger partial charge >= 0.3 is 0 Å². The largest absolute Gasteiger partial charge is 0.381 e. The molecular formula is C18H28N2O3S. The molecule has 1 aromatic heterocycles. The number of ether oxygens (including phenoxy) is 2. The molecule has 134 valence electrons. The first-order valence-electron chi connectivity index (χ1n) is 8.99. The standard InChI is InChI=1S/C18H28N2O3S/c1-15-3-4-17(24-15)18(21)20(16-5-11-22-12-6-16)8-2-7-19-9-13-23-14-10-19/h3-4,16H,2,5-14H2,1H3. The summed E-state index contributed by atoms with van der Waals surface area (Å²) < 4.78 is 10.9. The van der Waals surface area contributed by atoms with E-state index in [1.54, 1.807) is 11.3 Å². The summed E-state index contributed by atoms with van der Waals surface area (Å²) in [5.41, 5.74) is 0. The number of hydrogen-bond donors (Lipinski definition) is 0. The molecular weight excluding hydrogens is 324 g/mol. The summed E-state index contributed by atoms with van der Waals surface area (Å²) in [7, 11) is 0. The highest BCUT2D eigenvalue weighted by Gasteiger charge is 2.27. The van der Waals surface area contributed by atoms with Gasteiger partial charge in [-0.1, -0.05) is 0 Å². The minimum Gasteiger partial charge on any atom is -0.381 e. The molecule has 0 aromatic carbocycles. The quantitative estimate of drug-likeness (QED) is 0.788.